The van der Waals surface area contributed by atoms with Crippen LogP contribution in [0.1, 0.15) is 0 Å². The number of rotatable bonds is 5. The standard InChI is InChI=1S/C16H13FN4O2/c17-13-3-1-12(2-4-13)16-14(11-5-7-18-8-6-11)9-19-21(16)20-10-15(22)23/h1-9,20H,10H2,(H,22,23). The number of nitrogens with zero attached hydrogens (tertiary/aromatic N) is 3. The molecule has 0 saturated carbocycles. The Hall–Kier alpha value is -3.22. The molecule has 0 fully saturated rings. The number of halogens is 1. The second-order valence-electron chi connectivity index (χ2n) is 4.79. The summed E-state index contributed by atoms with van der Waals surface area (Å²) < 4.78 is 13.2. The fourth-order valence-corrected chi connectivity index (χ4v) is 2.24. The van der Waals surface area contributed by atoms with Crippen LogP contribution in [0.3, 0.4) is 0 Å². The van der Waals surface area contributed by atoms with Crippen molar-refractivity contribution in [2.24, 2.45) is 0 Å². The number of nitrogens with one attached hydrogen (secondary N) is 1. The maximum atomic E-state index is 13.2. The minimum Gasteiger partial charge on any atom is -0.480 e. The highest BCUT2D eigenvalue weighted by molar-refractivity contribution is 5.81. The zero-order valence-corrected chi connectivity index (χ0v) is 12.0. The molecule has 0 bridgehead atoms. The van der Waals surface area contributed by atoms with Gasteiger partial charge in [-0.25, -0.2) is 4.39 Å². The van der Waals surface area contributed by atoms with Crippen molar-refractivity contribution >= 4 is 5.97 Å². The molecule has 23 heavy (non-hydrogen) atoms. The van der Waals surface area contributed by atoms with Gasteiger partial charge in [0.25, 0.3) is 0 Å². The van der Waals surface area contributed by atoms with E-state index in [1.54, 1.807) is 30.7 Å². The molecule has 116 valence electrons. The number of carboxylic acids is 1. The van der Waals surface area contributed by atoms with Gasteiger partial charge in [-0.15, -0.1) is 0 Å². The summed E-state index contributed by atoms with van der Waals surface area (Å²) in [6.45, 7) is -0.286. The highest BCUT2D eigenvalue weighted by Gasteiger charge is 2.15. The molecular formula is C16H13FN4O2. The third-order valence-corrected chi connectivity index (χ3v) is 3.26. The van der Waals surface area contributed by atoms with Crippen LogP contribution >= 0.6 is 0 Å². The molecule has 7 heteroatoms. The van der Waals surface area contributed by atoms with Crippen LogP contribution in [0.4, 0.5) is 4.39 Å². The minimum absolute atomic E-state index is 0.286. The molecule has 0 aliphatic rings. The van der Waals surface area contributed by atoms with E-state index in [1.807, 2.05) is 12.1 Å². The number of pyridine rings is 1. The summed E-state index contributed by atoms with van der Waals surface area (Å²) in [6, 6.07) is 9.59. The summed E-state index contributed by atoms with van der Waals surface area (Å²) in [5, 5.41) is 13.0. The van der Waals surface area contributed by atoms with E-state index in [2.05, 4.69) is 15.5 Å². The van der Waals surface area contributed by atoms with Gasteiger partial charge in [-0.05, 0) is 42.0 Å². The number of carbonyl (C=O) groups is 1. The molecule has 3 rings (SSSR count). The molecule has 1 aromatic carbocycles. The molecule has 0 radical (unpaired) electrons. The Morgan fingerprint density at radius 1 is 1.13 bits per heavy atom. The van der Waals surface area contributed by atoms with E-state index in [0.717, 1.165) is 11.1 Å². The maximum Gasteiger partial charge on any atom is 0.324 e. The van der Waals surface area contributed by atoms with E-state index >= 15 is 0 Å². The molecule has 0 atom stereocenters. The van der Waals surface area contributed by atoms with Gasteiger partial charge in [-0.3, -0.25) is 15.2 Å². The van der Waals surface area contributed by atoms with Gasteiger partial charge in [0, 0.05) is 23.5 Å². The third-order valence-electron chi connectivity index (χ3n) is 3.26. The Bertz CT molecular complexity index is 816. The van der Waals surface area contributed by atoms with Gasteiger partial charge in [0.05, 0.1) is 11.9 Å². The normalized spacial score (nSPS) is 10.5. The maximum absolute atomic E-state index is 13.2. The predicted molar refractivity (Wildman–Crippen MR) is 82.7 cm³/mol. The largest absolute Gasteiger partial charge is 0.480 e. The number of hydrogen-bond acceptors (Lipinski definition) is 4. The molecule has 2 N–H and O–H groups in total. The Kier molecular flexibility index (Phi) is 4.01. The lowest BCUT2D eigenvalue weighted by atomic mass is 10.0. The molecular weight excluding hydrogens is 299 g/mol. The predicted octanol–water partition coefficient (Wildman–Crippen LogP) is 2.38. The van der Waals surface area contributed by atoms with Crippen molar-refractivity contribution in [1.29, 1.82) is 0 Å². The van der Waals surface area contributed by atoms with Crippen LogP contribution in [0.5, 0.6) is 0 Å². The minimum atomic E-state index is -1.00. The SMILES string of the molecule is O=C(O)CNn1ncc(-c2ccncc2)c1-c1ccc(F)cc1. The summed E-state index contributed by atoms with van der Waals surface area (Å²) >= 11 is 0. The zero-order valence-electron chi connectivity index (χ0n) is 12.0. The summed E-state index contributed by atoms with van der Waals surface area (Å²) in [5.74, 6) is -1.35. The summed E-state index contributed by atoms with van der Waals surface area (Å²) in [5.41, 5.74) is 5.75. The molecule has 0 aliphatic carbocycles. The first-order valence-electron chi connectivity index (χ1n) is 6.85. The third kappa shape index (κ3) is 3.18. The van der Waals surface area contributed by atoms with Gasteiger partial charge in [-0.1, -0.05) is 0 Å². The molecule has 0 unspecified atom stereocenters. The van der Waals surface area contributed by atoms with Crippen molar-refractivity contribution in [2.75, 3.05) is 12.0 Å². The number of aliphatic carboxylic acids is 1. The molecule has 3 aromatic rings. The average molecular weight is 312 g/mol. The van der Waals surface area contributed by atoms with Crippen LogP contribution in [0.15, 0.2) is 55.0 Å². The lowest BCUT2D eigenvalue weighted by molar-refractivity contribution is -0.135. The Morgan fingerprint density at radius 2 is 1.83 bits per heavy atom. The number of benzene rings is 1. The number of hydrogen-bond donors (Lipinski definition) is 2. The zero-order chi connectivity index (χ0) is 16.2. The van der Waals surface area contributed by atoms with Gasteiger partial charge in [0.2, 0.25) is 0 Å². The topological polar surface area (TPSA) is 80.0 Å². The molecule has 0 saturated heterocycles. The first-order valence-corrected chi connectivity index (χ1v) is 6.85. The van der Waals surface area contributed by atoms with Crippen molar-refractivity contribution in [1.82, 2.24) is 14.9 Å². The van der Waals surface area contributed by atoms with Crippen LogP contribution in [0, 0.1) is 5.82 Å². The van der Waals surface area contributed by atoms with E-state index in [4.69, 9.17) is 5.11 Å². The lowest BCUT2D eigenvalue weighted by Gasteiger charge is -2.11. The van der Waals surface area contributed by atoms with Gasteiger partial charge in [-0.2, -0.15) is 9.89 Å². The Balaban J connectivity index is 2.10. The van der Waals surface area contributed by atoms with Crippen molar-refractivity contribution < 1.29 is 14.3 Å². The first-order chi connectivity index (χ1) is 11.1. The van der Waals surface area contributed by atoms with E-state index < -0.39 is 5.97 Å². The quantitative estimate of drug-likeness (QED) is 0.756. The van der Waals surface area contributed by atoms with E-state index in [9.17, 15) is 9.18 Å². The first kappa shape index (κ1) is 14.7. The molecule has 0 amide bonds. The van der Waals surface area contributed by atoms with E-state index in [-0.39, 0.29) is 12.4 Å². The number of aromatic nitrogens is 3. The highest BCUT2D eigenvalue weighted by atomic mass is 19.1. The van der Waals surface area contributed by atoms with Crippen LogP contribution in [-0.4, -0.2) is 32.5 Å². The number of carboxylic acid groups (broad SMARTS) is 1. The fourth-order valence-electron chi connectivity index (χ4n) is 2.24. The monoisotopic (exact) mass is 312 g/mol. The fraction of sp³-hybridized carbons (Fsp3) is 0.0625. The van der Waals surface area contributed by atoms with Crippen molar-refractivity contribution in [3.8, 4) is 22.4 Å². The van der Waals surface area contributed by atoms with E-state index in [1.165, 1.54) is 16.9 Å². The van der Waals surface area contributed by atoms with Gasteiger partial charge < -0.3 is 5.11 Å². The summed E-state index contributed by atoms with van der Waals surface area (Å²) in [7, 11) is 0. The van der Waals surface area contributed by atoms with Crippen LogP contribution in [0.25, 0.3) is 22.4 Å². The smallest absolute Gasteiger partial charge is 0.324 e. The van der Waals surface area contributed by atoms with Crippen molar-refractivity contribution in [3.05, 3.63) is 60.8 Å². The Labute approximate surface area is 131 Å². The second-order valence-corrected chi connectivity index (χ2v) is 4.79. The average Bonchev–Trinajstić information content (AvgIpc) is 2.98. The molecule has 0 spiro atoms. The molecule has 0 aliphatic heterocycles. The van der Waals surface area contributed by atoms with Crippen molar-refractivity contribution in [3.63, 3.8) is 0 Å². The highest BCUT2D eigenvalue weighted by Crippen LogP contribution is 2.31. The summed E-state index contributed by atoms with van der Waals surface area (Å²) in [4.78, 5) is 16.1. The lowest BCUT2D eigenvalue weighted by Crippen LogP contribution is -2.23. The van der Waals surface area contributed by atoms with Crippen LogP contribution in [-0.2, 0) is 4.79 Å². The van der Waals surface area contributed by atoms with E-state index in [0.29, 0.717) is 11.3 Å². The molecule has 2 heterocycles. The second kappa shape index (κ2) is 6.27. The molecule has 2 aromatic heterocycles. The van der Waals surface area contributed by atoms with Crippen LogP contribution < -0.4 is 5.43 Å². The van der Waals surface area contributed by atoms with Crippen molar-refractivity contribution in [2.45, 2.75) is 0 Å². The van der Waals surface area contributed by atoms with Gasteiger partial charge in [0.15, 0.2) is 0 Å². The van der Waals surface area contributed by atoms with Crippen LogP contribution in [0.2, 0.25) is 0 Å². The molecule has 6 nitrogen and oxygen atoms in total. The summed E-state index contributed by atoms with van der Waals surface area (Å²) in [6.07, 6.45) is 4.94. The Morgan fingerprint density at radius 3 is 2.48 bits per heavy atom. The van der Waals surface area contributed by atoms with Gasteiger partial charge in [0.1, 0.15) is 12.4 Å². The van der Waals surface area contributed by atoms with Gasteiger partial charge >= 0.3 is 5.97 Å².